The number of carbonyl (C=O) groups is 1. The molecule has 1 aromatic heterocycles. The van der Waals surface area contributed by atoms with Crippen LogP contribution in [0.3, 0.4) is 0 Å². The van der Waals surface area contributed by atoms with Crippen molar-refractivity contribution in [1.29, 1.82) is 5.26 Å². The van der Waals surface area contributed by atoms with Gasteiger partial charge in [0.05, 0.1) is 19.0 Å². The van der Waals surface area contributed by atoms with Gasteiger partial charge < -0.3 is 10.2 Å². The maximum Gasteiger partial charge on any atom is 0.245 e. The first-order chi connectivity index (χ1) is 9.11. The number of nitrogens with zero attached hydrogens (tertiary/aromatic N) is 4. The Bertz CT molecular complexity index is 487. The summed E-state index contributed by atoms with van der Waals surface area (Å²) in [6.07, 6.45) is 3.06. The minimum atomic E-state index is -0.179. The molecule has 1 atom stereocenters. The van der Waals surface area contributed by atoms with Gasteiger partial charge in [0.25, 0.3) is 0 Å². The third-order valence-electron chi connectivity index (χ3n) is 3.28. The Morgan fingerprint density at radius 1 is 1.63 bits per heavy atom. The molecule has 0 spiro atoms. The highest BCUT2D eigenvalue weighted by molar-refractivity contribution is 5.86. The van der Waals surface area contributed by atoms with Crippen molar-refractivity contribution in [3.8, 4) is 6.07 Å². The van der Waals surface area contributed by atoms with Crippen LogP contribution < -0.4 is 5.32 Å². The number of aromatic nitrogens is 2. The van der Waals surface area contributed by atoms with Crippen molar-refractivity contribution in [2.24, 2.45) is 0 Å². The van der Waals surface area contributed by atoms with Crippen LogP contribution in [0.2, 0.25) is 0 Å². The molecular formula is C13H19N5O. The molecule has 1 N–H and O–H groups in total. The van der Waals surface area contributed by atoms with E-state index in [2.05, 4.69) is 16.5 Å². The largest absolute Gasteiger partial charge is 0.357 e. The number of amides is 1. The first kappa shape index (κ1) is 13.4. The molecule has 1 aliphatic rings. The van der Waals surface area contributed by atoms with E-state index in [9.17, 15) is 4.79 Å². The van der Waals surface area contributed by atoms with Crippen LogP contribution in [0.25, 0.3) is 0 Å². The summed E-state index contributed by atoms with van der Waals surface area (Å²) < 4.78 is 1.71. The maximum absolute atomic E-state index is 12.1. The van der Waals surface area contributed by atoms with Gasteiger partial charge >= 0.3 is 0 Å². The Hall–Kier alpha value is -2.03. The first-order valence-corrected chi connectivity index (χ1v) is 6.59. The van der Waals surface area contributed by atoms with Crippen molar-refractivity contribution >= 4 is 11.7 Å². The highest BCUT2D eigenvalue weighted by Gasteiger charge is 2.33. The van der Waals surface area contributed by atoms with E-state index in [1.807, 2.05) is 31.0 Å². The molecule has 1 aromatic rings. The quantitative estimate of drug-likeness (QED) is 0.864. The monoisotopic (exact) mass is 261 g/mol. The van der Waals surface area contributed by atoms with E-state index in [0.717, 1.165) is 13.0 Å². The van der Waals surface area contributed by atoms with Crippen molar-refractivity contribution in [3.05, 3.63) is 12.3 Å². The Morgan fingerprint density at radius 2 is 2.42 bits per heavy atom. The molecule has 0 radical (unpaired) electrons. The fraction of sp³-hybridized carbons (Fsp3) is 0.615. The number of nitriles is 1. The summed E-state index contributed by atoms with van der Waals surface area (Å²) in [4.78, 5) is 14.0. The molecule has 6 nitrogen and oxygen atoms in total. The average Bonchev–Trinajstić information content (AvgIpc) is 2.95. The zero-order valence-electron chi connectivity index (χ0n) is 11.3. The molecule has 6 heteroatoms. The fourth-order valence-electron chi connectivity index (χ4n) is 2.25. The van der Waals surface area contributed by atoms with Gasteiger partial charge in [0, 0.05) is 24.8 Å². The summed E-state index contributed by atoms with van der Waals surface area (Å²) >= 11 is 0. The van der Waals surface area contributed by atoms with Crippen molar-refractivity contribution < 1.29 is 4.79 Å². The zero-order chi connectivity index (χ0) is 13.8. The molecule has 0 bridgehead atoms. The van der Waals surface area contributed by atoms with E-state index >= 15 is 0 Å². The number of aryl methyl sites for hydroxylation is 1. The highest BCUT2D eigenvalue weighted by atomic mass is 16.2. The van der Waals surface area contributed by atoms with Crippen LogP contribution in [0.1, 0.15) is 26.7 Å². The van der Waals surface area contributed by atoms with Crippen LogP contribution >= 0.6 is 0 Å². The molecule has 1 fully saturated rings. The second-order valence-electron chi connectivity index (χ2n) is 4.98. The zero-order valence-corrected chi connectivity index (χ0v) is 11.3. The highest BCUT2D eigenvalue weighted by Crippen LogP contribution is 2.18. The molecule has 0 saturated carbocycles. The number of likely N-dealkylation sites (tertiary alicyclic amines) is 1. The van der Waals surface area contributed by atoms with Gasteiger partial charge in [0.1, 0.15) is 11.9 Å². The predicted molar refractivity (Wildman–Crippen MR) is 71.3 cm³/mol. The lowest BCUT2D eigenvalue weighted by molar-refractivity contribution is -0.129. The molecule has 2 heterocycles. The smallest absolute Gasteiger partial charge is 0.245 e. The third-order valence-corrected chi connectivity index (χ3v) is 3.28. The van der Waals surface area contributed by atoms with Crippen LogP contribution in [0.4, 0.5) is 5.82 Å². The topological polar surface area (TPSA) is 73.9 Å². The van der Waals surface area contributed by atoms with E-state index in [1.54, 1.807) is 4.68 Å². The normalized spacial score (nSPS) is 18.9. The summed E-state index contributed by atoms with van der Waals surface area (Å²) in [6, 6.07) is 3.98. The van der Waals surface area contributed by atoms with Crippen molar-refractivity contribution in [1.82, 2.24) is 14.7 Å². The SMILES string of the molecule is CC(C)N1CC[C@@H](Nc2ccn(CCC#N)n2)C1=O. The number of hydrogen-bond acceptors (Lipinski definition) is 4. The predicted octanol–water partition coefficient (Wildman–Crippen LogP) is 1.22. The minimum Gasteiger partial charge on any atom is -0.357 e. The van der Waals surface area contributed by atoms with E-state index in [4.69, 9.17) is 5.26 Å². The molecular weight excluding hydrogens is 242 g/mol. The van der Waals surface area contributed by atoms with Gasteiger partial charge in [0.15, 0.2) is 0 Å². The molecule has 0 aromatic carbocycles. The van der Waals surface area contributed by atoms with Gasteiger partial charge in [-0.1, -0.05) is 0 Å². The number of carbonyl (C=O) groups excluding carboxylic acids is 1. The molecule has 19 heavy (non-hydrogen) atoms. The van der Waals surface area contributed by atoms with Crippen molar-refractivity contribution in [2.75, 3.05) is 11.9 Å². The van der Waals surface area contributed by atoms with Gasteiger partial charge in [-0.3, -0.25) is 9.48 Å². The number of anilines is 1. The van der Waals surface area contributed by atoms with Crippen LogP contribution in [-0.4, -0.2) is 39.2 Å². The number of nitrogens with one attached hydrogen (secondary N) is 1. The summed E-state index contributed by atoms with van der Waals surface area (Å²) in [5.41, 5.74) is 0. The maximum atomic E-state index is 12.1. The summed E-state index contributed by atoms with van der Waals surface area (Å²) in [7, 11) is 0. The Kier molecular flexibility index (Phi) is 4.05. The molecule has 0 aliphatic carbocycles. The third kappa shape index (κ3) is 3.05. The van der Waals surface area contributed by atoms with Crippen LogP contribution in [-0.2, 0) is 11.3 Å². The van der Waals surface area contributed by atoms with Crippen molar-refractivity contribution in [2.45, 2.75) is 45.3 Å². The molecule has 2 rings (SSSR count). The Balaban J connectivity index is 1.93. The molecule has 1 amide bonds. The number of hydrogen-bond donors (Lipinski definition) is 1. The van der Waals surface area contributed by atoms with Gasteiger partial charge in [-0.05, 0) is 20.3 Å². The molecule has 1 aliphatic heterocycles. The standard InChI is InChI=1S/C13H19N5O/c1-10(2)18-9-4-11(13(18)19)15-12-5-8-17(16-12)7-3-6-14/h5,8,10-11H,3-4,7,9H2,1-2H3,(H,15,16)/t11-/m1/s1. The van der Waals surface area contributed by atoms with E-state index in [0.29, 0.717) is 18.8 Å². The lowest BCUT2D eigenvalue weighted by atomic mass is 10.2. The van der Waals surface area contributed by atoms with Crippen molar-refractivity contribution in [3.63, 3.8) is 0 Å². The van der Waals surface area contributed by atoms with Crippen LogP contribution in [0, 0.1) is 11.3 Å². The van der Waals surface area contributed by atoms with Gasteiger partial charge in [-0.15, -0.1) is 0 Å². The van der Waals surface area contributed by atoms with E-state index < -0.39 is 0 Å². The fourth-order valence-corrected chi connectivity index (χ4v) is 2.25. The average molecular weight is 261 g/mol. The minimum absolute atomic E-state index is 0.140. The Morgan fingerprint density at radius 3 is 3.05 bits per heavy atom. The summed E-state index contributed by atoms with van der Waals surface area (Å²) in [5, 5.41) is 16.0. The lowest BCUT2D eigenvalue weighted by Crippen LogP contribution is -2.37. The van der Waals surface area contributed by atoms with Gasteiger partial charge in [-0.2, -0.15) is 10.4 Å². The molecule has 0 unspecified atom stereocenters. The number of rotatable bonds is 5. The second kappa shape index (κ2) is 5.74. The van der Waals surface area contributed by atoms with Crippen LogP contribution in [0.15, 0.2) is 12.3 Å². The van der Waals surface area contributed by atoms with Crippen LogP contribution in [0.5, 0.6) is 0 Å². The van der Waals surface area contributed by atoms with Gasteiger partial charge in [-0.25, -0.2) is 0 Å². The Labute approximate surface area is 113 Å². The first-order valence-electron chi connectivity index (χ1n) is 6.59. The molecule has 102 valence electrons. The molecule has 1 saturated heterocycles. The summed E-state index contributed by atoms with van der Waals surface area (Å²) in [6.45, 7) is 5.42. The van der Waals surface area contributed by atoms with E-state index in [-0.39, 0.29) is 18.0 Å². The second-order valence-corrected chi connectivity index (χ2v) is 4.98. The van der Waals surface area contributed by atoms with Gasteiger partial charge in [0.2, 0.25) is 5.91 Å². The lowest BCUT2D eigenvalue weighted by Gasteiger charge is -2.21. The summed E-state index contributed by atoms with van der Waals surface area (Å²) in [5.74, 6) is 0.837. The van der Waals surface area contributed by atoms with E-state index in [1.165, 1.54) is 0 Å².